The first kappa shape index (κ1) is 18.1. The van der Waals surface area contributed by atoms with Gasteiger partial charge in [0.15, 0.2) is 5.82 Å². The van der Waals surface area contributed by atoms with Gasteiger partial charge in [0.1, 0.15) is 0 Å². The Morgan fingerprint density at radius 3 is 2.54 bits per heavy atom. The van der Waals surface area contributed by atoms with Crippen molar-refractivity contribution < 1.29 is 21.6 Å². The summed E-state index contributed by atoms with van der Waals surface area (Å²) in [5, 5.41) is 4.02. The minimum absolute atomic E-state index is 0.106. The number of hydrogen-bond donors (Lipinski definition) is 1. The lowest BCUT2D eigenvalue weighted by atomic mass is 10.2. The molecule has 0 fully saturated rings. The van der Waals surface area contributed by atoms with Crippen molar-refractivity contribution >= 4 is 10.0 Å². The third-order valence-corrected chi connectivity index (χ3v) is 4.89. The first-order chi connectivity index (χ1) is 12.3. The molecule has 0 aliphatic heterocycles. The summed E-state index contributed by atoms with van der Waals surface area (Å²) in [6.07, 6.45) is 0.153. The number of nitrogens with one attached hydrogen (secondary N) is 1. The number of nitrogens with zero attached hydrogens (tertiary/aromatic N) is 3. The van der Waals surface area contributed by atoms with Crippen LogP contribution >= 0.6 is 0 Å². The van der Waals surface area contributed by atoms with E-state index >= 15 is 0 Å². The molecule has 0 spiro atoms. The van der Waals surface area contributed by atoms with Gasteiger partial charge in [0, 0.05) is 25.1 Å². The van der Waals surface area contributed by atoms with Gasteiger partial charge in [-0.05, 0) is 35.9 Å². The molecule has 0 atom stereocenters. The maximum atomic E-state index is 12.7. The molecule has 1 aromatic carbocycles. The zero-order valence-electron chi connectivity index (χ0n) is 13.2. The van der Waals surface area contributed by atoms with Crippen LogP contribution in [0.4, 0.5) is 13.2 Å². The molecule has 6 nitrogen and oxygen atoms in total. The fraction of sp³-hybridized carbons (Fsp3) is 0.125. The Labute approximate surface area is 147 Å². The van der Waals surface area contributed by atoms with E-state index in [-0.39, 0.29) is 6.54 Å². The van der Waals surface area contributed by atoms with E-state index < -0.39 is 26.7 Å². The summed E-state index contributed by atoms with van der Waals surface area (Å²) in [7, 11) is -4.09. The fourth-order valence-electron chi connectivity index (χ4n) is 2.16. The monoisotopic (exact) mass is 382 g/mol. The van der Waals surface area contributed by atoms with Crippen molar-refractivity contribution in [2.75, 3.05) is 0 Å². The summed E-state index contributed by atoms with van der Waals surface area (Å²) in [6.45, 7) is -0.106. The average Bonchev–Trinajstić information content (AvgIpc) is 3.15. The van der Waals surface area contributed by atoms with Gasteiger partial charge in [-0.2, -0.15) is 18.3 Å². The van der Waals surface area contributed by atoms with Crippen LogP contribution in [-0.2, 0) is 22.7 Å². The van der Waals surface area contributed by atoms with Crippen molar-refractivity contribution in [2.45, 2.75) is 17.6 Å². The molecule has 0 aliphatic carbocycles. The summed E-state index contributed by atoms with van der Waals surface area (Å²) < 4.78 is 66.4. The first-order valence-electron chi connectivity index (χ1n) is 7.37. The first-order valence-corrected chi connectivity index (χ1v) is 8.86. The smallest absolute Gasteiger partial charge is 0.237 e. The van der Waals surface area contributed by atoms with Crippen molar-refractivity contribution in [3.8, 4) is 5.82 Å². The van der Waals surface area contributed by atoms with E-state index in [9.17, 15) is 21.6 Å². The Balaban J connectivity index is 1.72. The van der Waals surface area contributed by atoms with Crippen molar-refractivity contribution in [3.63, 3.8) is 0 Å². The number of rotatable bonds is 5. The van der Waals surface area contributed by atoms with Gasteiger partial charge in [0.05, 0.1) is 10.5 Å². The van der Waals surface area contributed by atoms with Crippen molar-refractivity contribution in [1.29, 1.82) is 0 Å². The Morgan fingerprint density at radius 1 is 1.12 bits per heavy atom. The van der Waals surface area contributed by atoms with Crippen LogP contribution in [0.1, 0.15) is 11.1 Å². The quantitative estimate of drug-likeness (QED) is 0.736. The van der Waals surface area contributed by atoms with Gasteiger partial charge in [0.25, 0.3) is 0 Å². The summed E-state index contributed by atoms with van der Waals surface area (Å²) in [5.41, 5.74) is -0.470. The Bertz CT molecular complexity index is 985. The van der Waals surface area contributed by atoms with E-state index in [0.29, 0.717) is 17.4 Å². The number of halogens is 3. The SMILES string of the molecule is O=S(=O)(NCc1ccc(-n2cccn2)nc1)c1cccc(C(F)(F)F)c1. The van der Waals surface area contributed by atoms with Crippen LogP contribution < -0.4 is 4.72 Å². The maximum Gasteiger partial charge on any atom is 0.416 e. The molecular weight excluding hydrogens is 369 g/mol. The molecule has 0 saturated carbocycles. The standard InChI is InChI=1S/C16H13F3N4O2S/c17-16(18,19)13-3-1-4-14(9-13)26(24,25)22-11-12-5-6-15(20-10-12)23-8-2-7-21-23/h1-10,22H,11H2. The number of hydrogen-bond acceptors (Lipinski definition) is 4. The molecular formula is C16H13F3N4O2S. The molecule has 0 saturated heterocycles. The molecule has 0 unspecified atom stereocenters. The second-order valence-electron chi connectivity index (χ2n) is 5.33. The van der Waals surface area contributed by atoms with E-state index in [1.165, 1.54) is 10.9 Å². The summed E-state index contributed by atoms with van der Waals surface area (Å²) in [6, 6.07) is 8.62. The number of benzene rings is 1. The van der Waals surface area contributed by atoms with Crippen LogP contribution in [0.15, 0.2) is 66.0 Å². The lowest BCUT2D eigenvalue weighted by molar-refractivity contribution is -0.137. The van der Waals surface area contributed by atoms with Crippen molar-refractivity contribution in [1.82, 2.24) is 19.5 Å². The normalized spacial score (nSPS) is 12.3. The van der Waals surface area contributed by atoms with E-state index in [2.05, 4.69) is 14.8 Å². The van der Waals surface area contributed by atoms with Gasteiger partial charge in [-0.25, -0.2) is 22.8 Å². The molecule has 2 aromatic heterocycles. The second kappa shape index (κ2) is 6.89. The predicted octanol–water partition coefficient (Wildman–Crippen LogP) is 2.76. The van der Waals surface area contributed by atoms with Crippen LogP contribution in [0.5, 0.6) is 0 Å². The van der Waals surface area contributed by atoms with Crippen LogP contribution in [0.2, 0.25) is 0 Å². The number of aromatic nitrogens is 3. The molecule has 26 heavy (non-hydrogen) atoms. The lowest BCUT2D eigenvalue weighted by Gasteiger charge is -2.10. The number of pyridine rings is 1. The second-order valence-corrected chi connectivity index (χ2v) is 7.09. The van der Waals surface area contributed by atoms with E-state index in [4.69, 9.17) is 0 Å². The zero-order chi connectivity index (χ0) is 18.8. The van der Waals surface area contributed by atoms with Crippen LogP contribution in [0, 0.1) is 0 Å². The molecule has 2 heterocycles. The highest BCUT2D eigenvalue weighted by Crippen LogP contribution is 2.30. The van der Waals surface area contributed by atoms with Gasteiger partial charge in [-0.15, -0.1) is 0 Å². The fourth-order valence-corrected chi connectivity index (χ4v) is 3.23. The number of sulfonamides is 1. The van der Waals surface area contributed by atoms with Crippen LogP contribution in [0.25, 0.3) is 5.82 Å². The van der Waals surface area contributed by atoms with Gasteiger partial charge in [0.2, 0.25) is 10.0 Å². The third kappa shape index (κ3) is 4.09. The molecule has 0 radical (unpaired) electrons. The highest BCUT2D eigenvalue weighted by Gasteiger charge is 2.31. The minimum Gasteiger partial charge on any atom is -0.237 e. The minimum atomic E-state index is -4.61. The van der Waals surface area contributed by atoms with Crippen molar-refractivity contribution in [3.05, 3.63) is 72.2 Å². The van der Waals surface area contributed by atoms with Gasteiger partial charge in [-0.3, -0.25) is 0 Å². The largest absolute Gasteiger partial charge is 0.416 e. The van der Waals surface area contributed by atoms with Crippen LogP contribution in [-0.4, -0.2) is 23.2 Å². The molecule has 0 amide bonds. The average molecular weight is 382 g/mol. The highest BCUT2D eigenvalue weighted by molar-refractivity contribution is 7.89. The van der Waals surface area contributed by atoms with E-state index in [1.54, 1.807) is 30.6 Å². The van der Waals surface area contributed by atoms with Crippen LogP contribution in [0.3, 0.4) is 0 Å². The molecule has 3 aromatic rings. The van der Waals surface area contributed by atoms with E-state index in [1.807, 2.05) is 0 Å². The number of alkyl halides is 3. The zero-order valence-corrected chi connectivity index (χ0v) is 14.0. The Kier molecular flexibility index (Phi) is 4.79. The molecule has 0 aliphatic rings. The summed E-state index contributed by atoms with van der Waals surface area (Å²) in [5.74, 6) is 0.555. The van der Waals surface area contributed by atoms with Gasteiger partial charge < -0.3 is 0 Å². The Hall–Kier alpha value is -2.72. The van der Waals surface area contributed by atoms with Crippen molar-refractivity contribution in [2.24, 2.45) is 0 Å². The third-order valence-electron chi connectivity index (χ3n) is 3.49. The predicted molar refractivity (Wildman–Crippen MR) is 86.8 cm³/mol. The molecule has 136 valence electrons. The maximum absolute atomic E-state index is 12.7. The van der Waals surface area contributed by atoms with E-state index in [0.717, 1.165) is 18.2 Å². The summed E-state index contributed by atoms with van der Waals surface area (Å²) in [4.78, 5) is 3.71. The molecule has 10 heteroatoms. The highest BCUT2D eigenvalue weighted by atomic mass is 32.2. The topological polar surface area (TPSA) is 76.9 Å². The lowest BCUT2D eigenvalue weighted by Crippen LogP contribution is -2.23. The van der Waals surface area contributed by atoms with Gasteiger partial charge in [-0.1, -0.05) is 12.1 Å². The van der Waals surface area contributed by atoms with Gasteiger partial charge >= 0.3 is 6.18 Å². The molecule has 3 rings (SSSR count). The molecule has 1 N–H and O–H groups in total. The Morgan fingerprint density at radius 2 is 1.92 bits per heavy atom. The molecule has 0 bridgehead atoms. The summed E-state index contributed by atoms with van der Waals surface area (Å²) >= 11 is 0.